The molecule has 3 rings (SSSR count). The minimum absolute atomic E-state index is 0.220. The second-order valence-electron chi connectivity index (χ2n) is 5.59. The molecule has 0 radical (unpaired) electrons. The lowest BCUT2D eigenvalue weighted by molar-refractivity contribution is -0.115. The number of nitrogens with one attached hydrogen (secondary N) is 1. The first kappa shape index (κ1) is 20.5. The second kappa shape index (κ2) is 9.32. The van der Waals surface area contributed by atoms with Gasteiger partial charge in [0.05, 0.1) is 22.7 Å². The fourth-order valence-corrected chi connectivity index (χ4v) is 3.75. The lowest BCUT2D eigenvalue weighted by atomic mass is 10.2. The predicted octanol–water partition coefficient (Wildman–Crippen LogP) is 5.57. The van der Waals surface area contributed by atoms with E-state index in [4.69, 9.17) is 21.1 Å². The summed E-state index contributed by atoms with van der Waals surface area (Å²) in [5.74, 6) is 0.698. The van der Waals surface area contributed by atoms with Gasteiger partial charge >= 0.3 is 0 Å². The monoisotopic (exact) mass is 478 g/mol. The molecule has 8 heteroatoms. The van der Waals surface area contributed by atoms with Gasteiger partial charge in [0.15, 0.2) is 16.7 Å². The Kier molecular flexibility index (Phi) is 6.83. The average Bonchev–Trinajstić information content (AvgIpc) is 3.01. The van der Waals surface area contributed by atoms with Crippen molar-refractivity contribution in [2.24, 2.45) is 4.99 Å². The molecule has 1 amide bonds. The topological polar surface area (TPSA) is 59.9 Å². The fourth-order valence-electron chi connectivity index (χ4n) is 2.37. The van der Waals surface area contributed by atoms with E-state index in [1.165, 1.54) is 18.9 Å². The number of carbonyl (C=O) groups excluding carboxylic acids is 1. The maximum absolute atomic E-state index is 12.3. The number of aliphatic imine (C=N–C) groups is 1. The molecule has 1 heterocycles. The molecule has 1 fully saturated rings. The number of hydrogen-bond donors (Lipinski definition) is 1. The SMILES string of the molecule is C=CCOc1c(Cl)cc(/C=C2/SC(=Nc3ccc(Br)cc3)NC2=O)cc1OC. The van der Waals surface area contributed by atoms with Crippen molar-refractivity contribution in [2.45, 2.75) is 0 Å². The molecule has 2 aromatic carbocycles. The Morgan fingerprint density at radius 3 is 2.75 bits per heavy atom. The van der Waals surface area contributed by atoms with Gasteiger partial charge in [0.1, 0.15) is 6.61 Å². The third-order valence-corrected chi connectivity index (χ3v) is 5.32. The van der Waals surface area contributed by atoms with Crippen LogP contribution in [0.4, 0.5) is 5.69 Å². The first-order valence-corrected chi connectivity index (χ1v) is 10.2. The summed E-state index contributed by atoms with van der Waals surface area (Å²) in [7, 11) is 1.53. The van der Waals surface area contributed by atoms with Crippen molar-refractivity contribution >= 4 is 62.1 Å². The normalized spacial score (nSPS) is 16.3. The predicted molar refractivity (Wildman–Crippen MR) is 119 cm³/mol. The zero-order valence-corrected chi connectivity index (χ0v) is 18.0. The van der Waals surface area contributed by atoms with Crippen LogP contribution in [0, 0.1) is 0 Å². The van der Waals surface area contributed by atoms with Gasteiger partial charge in [0, 0.05) is 4.47 Å². The van der Waals surface area contributed by atoms with Crippen molar-refractivity contribution < 1.29 is 14.3 Å². The Morgan fingerprint density at radius 1 is 1.32 bits per heavy atom. The van der Waals surface area contributed by atoms with Gasteiger partial charge in [-0.25, -0.2) is 4.99 Å². The van der Waals surface area contributed by atoms with Crippen LogP contribution in [-0.4, -0.2) is 24.8 Å². The van der Waals surface area contributed by atoms with E-state index in [1.807, 2.05) is 24.3 Å². The number of thioether (sulfide) groups is 1. The number of nitrogens with zero attached hydrogens (tertiary/aromatic N) is 1. The lowest BCUT2D eigenvalue weighted by Gasteiger charge is -2.12. The van der Waals surface area contributed by atoms with Crippen molar-refractivity contribution in [2.75, 3.05) is 13.7 Å². The first-order chi connectivity index (χ1) is 13.5. The third-order valence-electron chi connectivity index (χ3n) is 3.60. The van der Waals surface area contributed by atoms with E-state index >= 15 is 0 Å². The smallest absolute Gasteiger partial charge is 0.264 e. The van der Waals surface area contributed by atoms with Crippen LogP contribution in [0.3, 0.4) is 0 Å². The highest BCUT2D eigenvalue weighted by Crippen LogP contribution is 2.38. The summed E-state index contributed by atoms with van der Waals surface area (Å²) < 4.78 is 11.9. The number of hydrogen-bond acceptors (Lipinski definition) is 5. The molecule has 0 atom stereocenters. The van der Waals surface area contributed by atoms with Crippen LogP contribution in [0.1, 0.15) is 5.56 Å². The summed E-state index contributed by atoms with van der Waals surface area (Å²) in [6.45, 7) is 3.93. The summed E-state index contributed by atoms with van der Waals surface area (Å²) in [4.78, 5) is 17.2. The molecule has 1 aliphatic heterocycles. The zero-order chi connectivity index (χ0) is 20.1. The van der Waals surface area contributed by atoms with Gasteiger partial charge in [-0.2, -0.15) is 0 Å². The Balaban J connectivity index is 1.85. The molecule has 5 nitrogen and oxygen atoms in total. The molecule has 0 aromatic heterocycles. The maximum Gasteiger partial charge on any atom is 0.264 e. The lowest BCUT2D eigenvalue weighted by Crippen LogP contribution is -2.19. The van der Waals surface area contributed by atoms with E-state index in [2.05, 4.69) is 32.8 Å². The third kappa shape index (κ3) is 4.98. The zero-order valence-electron chi connectivity index (χ0n) is 14.9. The van der Waals surface area contributed by atoms with E-state index in [0.717, 1.165) is 15.7 Å². The summed E-state index contributed by atoms with van der Waals surface area (Å²) >= 11 is 11.0. The van der Waals surface area contributed by atoms with Crippen molar-refractivity contribution in [3.63, 3.8) is 0 Å². The Morgan fingerprint density at radius 2 is 2.07 bits per heavy atom. The molecular formula is C20H16BrClN2O3S. The van der Waals surface area contributed by atoms with Gasteiger partial charge in [0.25, 0.3) is 5.91 Å². The fraction of sp³-hybridized carbons (Fsp3) is 0.100. The highest BCUT2D eigenvalue weighted by Gasteiger charge is 2.24. The minimum atomic E-state index is -0.220. The van der Waals surface area contributed by atoms with Crippen LogP contribution >= 0.6 is 39.3 Å². The molecule has 28 heavy (non-hydrogen) atoms. The number of carbonyl (C=O) groups is 1. The van der Waals surface area contributed by atoms with Crippen molar-refractivity contribution in [1.29, 1.82) is 0 Å². The number of ether oxygens (including phenoxy) is 2. The molecule has 144 valence electrons. The van der Waals surface area contributed by atoms with Crippen LogP contribution in [0.5, 0.6) is 11.5 Å². The van der Waals surface area contributed by atoms with Gasteiger partial charge in [-0.05, 0) is 59.8 Å². The van der Waals surface area contributed by atoms with E-state index in [-0.39, 0.29) is 5.91 Å². The highest BCUT2D eigenvalue weighted by atomic mass is 79.9. The molecule has 1 aliphatic rings. The van der Waals surface area contributed by atoms with Crippen LogP contribution in [0.25, 0.3) is 6.08 Å². The number of amides is 1. The highest BCUT2D eigenvalue weighted by molar-refractivity contribution is 9.10. The van der Waals surface area contributed by atoms with Gasteiger partial charge in [0.2, 0.25) is 0 Å². The minimum Gasteiger partial charge on any atom is -0.493 e. The van der Waals surface area contributed by atoms with Crippen molar-refractivity contribution in [3.05, 3.63) is 69.0 Å². The summed E-state index contributed by atoms with van der Waals surface area (Å²) in [5, 5.41) is 3.67. The molecule has 1 N–H and O–H groups in total. The van der Waals surface area contributed by atoms with Crippen molar-refractivity contribution in [3.8, 4) is 11.5 Å². The number of halogens is 2. The quantitative estimate of drug-likeness (QED) is 0.435. The molecule has 0 aliphatic carbocycles. The van der Waals surface area contributed by atoms with Crippen LogP contribution < -0.4 is 14.8 Å². The van der Waals surface area contributed by atoms with Gasteiger partial charge in [-0.3, -0.25) is 4.79 Å². The Hall–Kier alpha value is -2.22. The Labute approximate surface area is 180 Å². The molecule has 0 unspecified atom stereocenters. The molecule has 0 bridgehead atoms. The molecular weight excluding hydrogens is 464 g/mol. The number of methoxy groups -OCH3 is 1. The van der Waals surface area contributed by atoms with Crippen molar-refractivity contribution in [1.82, 2.24) is 5.32 Å². The molecule has 2 aromatic rings. The van der Waals surface area contributed by atoms with Crippen LogP contribution in [0.15, 0.2) is 63.4 Å². The van der Waals surface area contributed by atoms with Crippen LogP contribution in [-0.2, 0) is 4.79 Å². The number of amidine groups is 1. The largest absolute Gasteiger partial charge is 0.493 e. The first-order valence-electron chi connectivity index (χ1n) is 8.16. The van der Waals surface area contributed by atoms with Crippen LogP contribution in [0.2, 0.25) is 5.02 Å². The van der Waals surface area contributed by atoms with E-state index in [0.29, 0.717) is 33.2 Å². The van der Waals surface area contributed by atoms with E-state index < -0.39 is 0 Å². The average molecular weight is 480 g/mol. The second-order valence-corrected chi connectivity index (χ2v) is 7.95. The van der Waals surface area contributed by atoms with Gasteiger partial charge in [-0.1, -0.05) is 40.2 Å². The molecule has 0 spiro atoms. The summed E-state index contributed by atoms with van der Waals surface area (Å²) in [6, 6.07) is 11.0. The van der Waals surface area contributed by atoms with E-state index in [9.17, 15) is 4.79 Å². The summed E-state index contributed by atoms with van der Waals surface area (Å²) in [6.07, 6.45) is 3.35. The van der Waals surface area contributed by atoms with Gasteiger partial charge < -0.3 is 14.8 Å². The Bertz CT molecular complexity index is 974. The summed E-state index contributed by atoms with van der Waals surface area (Å²) in [5.41, 5.74) is 1.47. The molecule has 1 saturated heterocycles. The van der Waals surface area contributed by atoms with E-state index in [1.54, 1.807) is 24.3 Å². The number of benzene rings is 2. The molecule has 0 saturated carbocycles. The maximum atomic E-state index is 12.3. The number of rotatable bonds is 6. The van der Waals surface area contributed by atoms with Gasteiger partial charge in [-0.15, -0.1) is 0 Å². The standard InChI is InChI=1S/C20H16BrClN2O3S/c1-3-8-27-18-15(22)9-12(10-16(18)26-2)11-17-19(25)24-20(28-17)23-14-6-4-13(21)5-7-14/h3-7,9-11H,1,8H2,2H3,(H,23,24,25)/b17-11+.